The van der Waals surface area contributed by atoms with Gasteiger partial charge in [-0.15, -0.1) is 5.10 Å². The van der Waals surface area contributed by atoms with Crippen molar-refractivity contribution < 1.29 is 19.4 Å². The number of carbonyl (C=O) groups excluding carboxylic acids is 1. The molecule has 1 aromatic heterocycles. The van der Waals surface area contributed by atoms with E-state index in [9.17, 15) is 9.59 Å². The van der Waals surface area contributed by atoms with Gasteiger partial charge in [0.15, 0.2) is 0 Å². The average Bonchev–Trinajstić information content (AvgIpc) is 3.02. The second-order valence-corrected chi connectivity index (χ2v) is 5.32. The van der Waals surface area contributed by atoms with Gasteiger partial charge in [-0.2, -0.15) is 0 Å². The van der Waals surface area contributed by atoms with Crippen molar-refractivity contribution >= 4 is 12.0 Å². The minimum absolute atomic E-state index is 0.150. The largest absolute Gasteiger partial charge is 0.480 e. The van der Waals surface area contributed by atoms with E-state index in [0.717, 1.165) is 12.8 Å². The lowest BCUT2D eigenvalue weighted by Crippen LogP contribution is -2.49. The summed E-state index contributed by atoms with van der Waals surface area (Å²) in [5.74, 6) is -0.987. The van der Waals surface area contributed by atoms with Crippen molar-refractivity contribution in [1.82, 2.24) is 25.2 Å². The maximum absolute atomic E-state index is 12.1. The maximum atomic E-state index is 12.1. The molecule has 9 heteroatoms. The fourth-order valence-corrected chi connectivity index (χ4v) is 2.69. The molecule has 2 amide bonds. The molecule has 2 aliphatic heterocycles. The predicted molar refractivity (Wildman–Crippen MR) is 69.4 cm³/mol. The van der Waals surface area contributed by atoms with Gasteiger partial charge in [0, 0.05) is 13.1 Å². The minimum Gasteiger partial charge on any atom is -0.480 e. The number of urea groups is 1. The molecule has 21 heavy (non-hydrogen) atoms. The second kappa shape index (κ2) is 5.68. The van der Waals surface area contributed by atoms with E-state index in [1.165, 1.54) is 10.9 Å². The normalized spacial score (nSPS) is 24.1. The Kier molecular flexibility index (Phi) is 3.74. The molecule has 1 aromatic rings. The van der Waals surface area contributed by atoms with Gasteiger partial charge in [0.25, 0.3) is 0 Å². The highest BCUT2D eigenvalue weighted by Crippen LogP contribution is 2.26. The fourth-order valence-electron chi connectivity index (χ4n) is 2.69. The van der Waals surface area contributed by atoms with Crippen LogP contribution in [0.4, 0.5) is 4.79 Å². The summed E-state index contributed by atoms with van der Waals surface area (Å²) in [5, 5.41) is 18.9. The molecule has 2 saturated heterocycles. The van der Waals surface area contributed by atoms with Crippen LogP contribution < -0.4 is 5.32 Å². The number of hydrogen-bond donors (Lipinski definition) is 2. The lowest BCUT2D eigenvalue weighted by molar-refractivity contribution is -0.137. The topological polar surface area (TPSA) is 110 Å². The van der Waals surface area contributed by atoms with Crippen molar-refractivity contribution in [3.8, 4) is 0 Å². The van der Waals surface area contributed by atoms with Crippen LogP contribution >= 0.6 is 0 Å². The predicted octanol–water partition coefficient (Wildman–Crippen LogP) is -0.564. The summed E-state index contributed by atoms with van der Waals surface area (Å²) >= 11 is 0. The number of nitrogens with zero attached hydrogens (tertiary/aromatic N) is 4. The third kappa shape index (κ3) is 3.30. The van der Waals surface area contributed by atoms with Crippen LogP contribution in [0.5, 0.6) is 0 Å². The Bertz CT molecular complexity index is 534. The number of carbonyl (C=O) groups is 2. The first-order chi connectivity index (χ1) is 10.1. The van der Waals surface area contributed by atoms with Crippen LogP contribution in [0.15, 0.2) is 6.20 Å². The minimum atomic E-state index is -0.987. The Morgan fingerprint density at radius 1 is 1.38 bits per heavy atom. The first kappa shape index (κ1) is 13.8. The van der Waals surface area contributed by atoms with Gasteiger partial charge >= 0.3 is 12.0 Å². The first-order valence-electron chi connectivity index (χ1n) is 6.89. The second-order valence-electron chi connectivity index (χ2n) is 5.32. The van der Waals surface area contributed by atoms with E-state index in [1.807, 2.05) is 0 Å². The fraction of sp³-hybridized carbons (Fsp3) is 0.667. The van der Waals surface area contributed by atoms with Crippen molar-refractivity contribution in [3.05, 3.63) is 11.9 Å². The van der Waals surface area contributed by atoms with Gasteiger partial charge in [-0.3, -0.25) is 4.79 Å². The summed E-state index contributed by atoms with van der Waals surface area (Å²) in [6.07, 6.45) is 3.85. The number of morpholine rings is 1. The maximum Gasteiger partial charge on any atom is 0.325 e. The zero-order chi connectivity index (χ0) is 14.8. The van der Waals surface area contributed by atoms with Gasteiger partial charge in [0.05, 0.1) is 24.9 Å². The molecule has 2 bridgehead atoms. The van der Waals surface area contributed by atoms with Crippen LogP contribution in [-0.4, -0.2) is 62.3 Å². The van der Waals surface area contributed by atoms with Crippen molar-refractivity contribution in [2.45, 2.75) is 38.1 Å². The number of carboxylic acids is 1. The highest BCUT2D eigenvalue weighted by Gasteiger charge is 2.35. The zero-order valence-electron chi connectivity index (χ0n) is 11.4. The molecule has 2 aliphatic rings. The summed E-state index contributed by atoms with van der Waals surface area (Å²) in [6.45, 7) is 1.22. The molecular weight excluding hydrogens is 278 g/mol. The number of amides is 2. The number of nitrogens with one attached hydrogen (secondary N) is 1. The van der Waals surface area contributed by atoms with E-state index in [2.05, 4.69) is 15.6 Å². The van der Waals surface area contributed by atoms with Gasteiger partial charge in [0.2, 0.25) is 0 Å². The molecule has 114 valence electrons. The smallest absolute Gasteiger partial charge is 0.325 e. The van der Waals surface area contributed by atoms with E-state index < -0.39 is 5.97 Å². The van der Waals surface area contributed by atoms with Gasteiger partial charge in [-0.25, -0.2) is 9.48 Å². The molecule has 9 nitrogen and oxygen atoms in total. The number of ether oxygens (including phenoxy) is 1. The van der Waals surface area contributed by atoms with Gasteiger partial charge in [0.1, 0.15) is 12.2 Å². The van der Waals surface area contributed by atoms with E-state index in [4.69, 9.17) is 9.84 Å². The van der Waals surface area contributed by atoms with E-state index >= 15 is 0 Å². The number of rotatable bonds is 4. The average molecular weight is 295 g/mol. The summed E-state index contributed by atoms with van der Waals surface area (Å²) in [7, 11) is 0. The molecule has 3 heterocycles. The van der Waals surface area contributed by atoms with Gasteiger partial charge < -0.3 is 20.1 Å². The van der Waals surface area contributed by atoms with Crippen LogP contribution in [0.3, 0.4) is 0 Å². The van der Waals surface area contributed by atoms with Crippen LogP contribution in [0, 0.1) is 0 Å². The SMILES string of the molecule is O=C(O)Cn1cc(CNC(=O)N2CC3CCC(C2)O3)nn1. The van der Waals surface area contributed by atoms with Crippen LogP contribution in [0.1, 0.15) is 18.5 Å². The Balaban J connectivity index is 1.49. The summed E-state index contributed by atoms with van der Waals surface area (Å²) in [6, 6.07) is -0.150. The molecule has 0 aromatic carbocycles. The first-order valence-corrected chi connectivity index (χ1v) is 6.89. The van der Waals surface area contributed by atoms with Gasteiger partial charge in [-0.05, 0) is 12.8 Å². The number of aromatic nitrogens is 3. The monoisotopic (exact) mass is 295 g/mol. The van der Waals surface area contributed by atoms with E-state index in [-0.39, 0.29) is 31.3 Å². The molecule has 0 radical (unpaired) electrons. The quantitative estimate of drug-likeness (QED) is 0.770. The highest BCUT2D eigenvalue weighted by molar-refractivity contribution is 5.74. The summed E-state index contributed by atoms with van der Waals surface area (Å²) in [5.41, 5.74) is 0.529. The third-order valence-corrected chi connectivity index (χ3v) is 3.63. The van der Waals surface area contributed by atoms with Crippen LogP contribution in [-0.2, 0) is 22.6 Å². The van der Waals surface area contributed by atoms with Crippen molar-refractivity contribution in [3.63, 3.8) is 0 Å². The lowest BCUT2D eigenvalue weighted by atomic mass is 10.2. The number of likely N-dealkylation sites (tertiary alicyclic amines) is 1. The van der Waals surface area contributed by atoms with Crippen LogP contribution in [0.2, 0.25) is 0 Å². The van der Waals surface area contributed by atoms with Crippen molar-refractivity contribution in [1.29, 1.82) is 0 Å². The standard InChI is InChI=1S/C12H17N5O4/c18-11(19)7-17-4-8(14-15-17)3-13-12(20)16-5-9-1-2-10(6-16)21-9/h4,9-10H,1-3,5-7H2,(H,13,20)(H,18,19). The molecular formula is C12H17N5O4. The molecule has 2 atom stereocenters. The lowest BCUT2D eigenvalue weighted by Gasteiger charge is -2.32. The number of fused-ring (bicyclic) bond motifs is 2. The molecule has 2 unspecified atom stereocenters. The van der Waals surface area contributed by atoms with Crippen molar-refractivity contribution in [2.24, 2.45) is 0 Å². The Morgan fingerprint density at radius 3 is 2.76 bits per heavy atom. The van der Waals surface area contributed by atoms with Crippen LogP contribution in [0.25, 0.3) is 0 Å². The summed E-state index contributed by atoms with van der Waals surface area (Å²) < 4.78 is 6.90. The third-order valence-electron chi connectivity index (χ3n) is 3.63. The number of aliphatic carboxylic acids is 1. The molecule has 3 rings (SSSR count). The molecule has 0 saturated carbocycles. The van der Waals surface area contributed by atoms with Gasteiger partial charge in [-0.1, -0.05) is 5.21 Å². The Labute approximate surface area is 120 Å². The molecule has 2 N–H and O–H groups in total. The Morgan fingerprint density at radius 2 is 2.10 bits per heavy atom. The number of hydrogen-bond acceptors (Lipinski definition) is 5. The molecule has 2 fully saturated rings. The summed E-state index contributed by atoms with van der Waals surface area (Å²) in [4.78, 5) is 24.4. The van der Waals surface area contributed by atoms with E-state index in [0.29, 0.717) is 18.8 Å². The van der Waals surface area contributed by atoms with Crippen molar-refractivity contribution in [2.75, 3.05) is 13.1 Å². The molecule has 0 aliphatic carbocycles. The zero-order valence-corrected chi connectivity index (χ0v) is 11.4. The Hall–Kier alpha value is -2.16. The number of carboxylic acid groups (broad SMARTS) is 1. The van der Waals surface area contributed by atoms with E-state index in [1.54, 1.807) is 4.90 Å². The highest BCUT2D eigenvalue weighted by atomic mass is 16.5. The molecule has 0 spiro atoms.